The Balaban J connectivity index is 1.50. The number of hydrogen-bond acceptors (Lipinski definition) is 2. The largest absolute Gasteiger partial charge is 0.481 e. The predicted octanol–water partition coefficient (Wildman–Crippen LogP) is 5.79. The van der Waals surface area contributed by atoms with Gasteiger partial charge in [-0.05, 0) is 61.3 Å². The molecule has 2 saturated carbocycles. The van der Waals surface area contributed by atoms with Crippen molar-refractivity contribution in [3.05, 3.63) is 48.0 Å². The molecular formula is C25H36O3. The van der Waals surface area contributed by atoms with Crippen molar-refractivity contribution in [1.29, 1.82) is 0 Å². The standard InChI is InChI=1S/C25H36O3/c1-18(19-9-5-4-6-10-19)24(26)16-15-23-21-14-13-20(17-21)22(23)11-7-2-3-8-12-25(27)28/h4-6,9-10,15-16,18,20-24,26H,2-3,7-8,11-14,17H2,1H3,(H,27,28). The summed E-state index contributed by atoms with van der Waals surface area (Å²) in [4.78, 5) is 10.6. The highest BCUT2D eigenvalue weighted by Crippen LogP contribution is 2.54. The normalized spacial score (nSPS) is 28.6. The number of carbonyl (C=O) groups is 1. The second kappa shape index (κ2) is 10.2. The number of unbranched alkanes of at least 4 members (excludes halogenated alkanes) is 3. The first kappa shape index (κ1) is 21.1. The number of carboxylic acids is 1. The van der Waals surface area contributed by atoms with E-state index in [1.54, 1.807) is 0 Å². The first-order chi connectivity index (χ1) is 13.6. The number of carboxylic acid groups (broad SMARTS) is 1. The molecule has 6 atom stereocenters. The molecule has 3 nitrogen and oxygen atoms in total. The predicted molar refractivity (Wildman–Crippen MR) is 113 cm³/mol. The van der Waals surface area contributed by atoms with E-state index in [4.69, 9.17) is 5.11 Å². The van der Waals surface area contributed by atoms with Crippen molar-refractivity contribution >= 4 is 5.97 Å². The van der Waals surface area contributed by atoms with Crippen LogP contribution in [0.2, 0.25) is 0 Å². The third-order valence-corrected chi connectivity index (χ3v) is 7.20. The summed E-state index contributed by atoms with van der Waals surface area (Å²) in [6.07, 6.45) is 13.8. The molecule has 0 heterocycles. The van der Waals surface area contributed by atoms with Gasteiger partial charge in [0.15, 0.2) is 0 Å². The minimum absolute atomic E-state index is 0.115. The molecule has 0 aliphatic heterocycles. The number of rotatable bonds is 11. The molecule has 28 heavy (non-hydrogen) atoms. The molecule has 2 aliphatic rings. The number of allylic oxidation sites excluding steroid dienone is 1. The van der Waals surface area contributed by atoms with Gasteiger partial charge >= 0.3 is 5.97 Å². The molecule has 2 aliphatic carbocycles. The smallest absolute Gasteiger partial charge is 0.303 e. The van der Waals surface area contributed by atoms with Gasteiger partial charge in [0.1, 0.15) is 0 Å². The molecule has 0 spiro atoms. The van der Waals surface area contributed by atoms with Gasteiger partial charge in [-0.25, -0.2) is 0 Å². The van der Waals surface area contributed by atoms with E-state index in [1.807, 2.05) is 18.2 Å². The maximum absolute atomic E-state index is 10.7. The molecule has 0 saturated heterocycles. The highest BCUT2D eigenvalue weighted by Gasteiger charge is 2.45. The lowest BCUT2D eigenvalue weighted by Crippen LogP contribution is -2.22. The maximum atomic E-state index is 10.7. The van der Waals surface area contributed by atoms with Gasteiger partial charge in [-0.15, -0.1) is 0 Å². The first-order valence-corrected chi connectivity index (χ1v) is 11.2. The quantitative estimate of drug-likeness (QED) is 0.375. The monoisotopic (exact) mass is 384 g/mol. The van der Waals surface area contributed by atoms with E-state index >= 15 is 0 Å². The van der Waals surface area contributed by atoms with Crippen molar-refractivity contribution in [2.45, 2.75) is 76.7 Å². The Morgan fingerprint density at radius 1 is 1.11 bits per heavy atom. The number of aliphatic hydroxyl groups is 1. The Morgan fingerprint density at radius 2 is 1.82 bits per heavy atom. The second-order valence-electron chi connectivity index (χ2n) is 9.00. The van der Waals surface area contributed by atoms with Crippen LogP contribution in [0.1, 0.15) is 76.2 Å². The fourth-order valence-electron chi connectivity index (χ4n) is 5.56. The van der Waals surface area contributed by atoms with Gasteiger partial charge < -0.3 is 10.2 Å². The van der Waals surface area contributed by atoms with E-state index in [2.05, 4.69) is 31.2 Å². The molecule has 3 heteroatoms. The van der Waals surface area contributed by atoms with Crippen LogP contribution in [0.5, 0.6) is 0 Å². The Bertz CT molecular complexity index is 638. The Hall–Kier alpha value is -1.61. The van der Waals surface area contributed by atoms with Crippen LogP contribution in [0.3, 0.4) is 0 Å². The zero-order valence-corrected chi connectivity index (χ0v) is 17.2. The van der Waals surface area contributed by atoms with Gasteiger partial charge in [0.05, 0.1) is 6.10 Å². The van der Waals surface area contributed by atoms with E-state index < -0.39 is 12.1 Å². The Labute approximate surface area is 169 Å². The molecule has 6 unspecified atom stereocenters. The van der Waals surface area contributed by atoms with Crippen LogP contribution in [0.4, 0.5) is 0 Å². The van der Waals surface area contributed by atoms with Crippen molar-refractivity contribution in [1.82, 2.24) is 0 Å². The summed E-state index contributed by atoms with van der Waals surface area (Å²) in [5.74, 6) is 2.48. The maximum Gasteiger partial charge on any atom is 0.303 e. The topological polar surface area (TPSA) is 57.5 Å². The minimum Gasteiger partial charge on any atom is -0.481 e. The highest BCUT2D eigenvalue weighted by molar-refractivity contribution is 5.66. The first-order valence-electron chi connectivity index (χ1n) is 11.2. The Morgan fingerprint density at radius 3 is 2.57 bits per heavy atom. The lowest BCUT2D eigenvalue weighted by molar-refractivity contribution is -0.137. The van der Waals surface area contributed by atoms with Gasteiger partial charge in [0.25, 0.3) is 0 Å². The molecule has 0 aromatic heterocycles. The van der Waals surface area contributed by atoms with Crippen molar-refractivity contribution in [2.75, 3.05) is 0 Å². The average Bonchev–Trinajstić information content (AvgIpc) is 3.30. The zero-order valence-electron chi connectivity index (χ0n) is 17.2. The van der Waals surface area contributed by atoms with Crippen molar-refractivity contribution < 1.29 is 15.0 Å². The zero-order chi connectivity index (χ0) is 19.9. The van der Waals surface area contributed by atoms with Gasteiger partial charge in [-0.3, -0.25) is 4.79 Å². The van der Waals surface area contributed by atoms with E-state index in [0.29, 0.717) is 12.3 Å². The molecule has 2 N–H and O–H groups in total. The molecule has 2 fully saturated rings. The van der Waals surface area contributed by atoms with E-state index in [9.17, 15) is 9.90 Å². The van der Waals surface area contributed by atoms with E-state index in [0.717, 1.165) is 37.0 Å². The summed E-state index contributed by atoms with van der Waals surface area (Å²) >= 11 is 0. The third kappa shape index (κ3) is 5.47. The van der Waals surface area contributed by atoms with Gasteiger partial charge in [0, 0.05) is 12.3 Å². The summed E-state index contributed by atoms with van der Waals surface area (Å²) in [7, 11) is 0. The molecule has 1 aromatic carbocycles. The summed E-state index contributed by atoms with van der Waals surface area (Å²) in [6, 6.07) is 10.3. The lowest BCUT2D eigenvalue weighted by Gasteiger charge is -2.29. The average molecular weight is 385 g/mol. The SMILES string of the molecule is CC(c1ccccc1)C(O)C=CC1C2CCC(C2)C1CCCCCCC(=O)O. The number of fused-ring (bicyclic) bond motifs is 2. The molecule has 0 amide bonds. The van der Waals surface area contributed by atoms with Crippen LogP contribution in [0.15, 0.2) is 42.5 Å². The number of hydrogen-bond donors (Lipinski definition) is 2. The van der Waals surface area contributed by atoms with Crippen LogP contribution < -0.4 is 0 Å². The lowest BCUT2D eigenvalue weighted by atomic mass is 9.76. The fourth-order valence-corrected chi connectivity index (χ4v) is 5.56. The molecule has 0 radical (unpaired) electrons. The Kier molecular flexibility index (Phi) is 7.73. The third-order valence-electron chi connectivity index (χ3n) is 7.20. The number of aliphatic hydroxyl groups excluding tert-OH is 1. The van der Waals surface area contributed by atoms with E-state index in [-0.39, 0.29) is 5.92 Å². The molecule has 2 bridgehead atoms. The minimum atomic E-state index is -0.679. The van der Waals surface area contributed by atoms with Gasteiger partial charge in [-0.2, -0.15) is 0 Å². The summed E-state index contributed by atoms with van der Waals surface area (Å²) in [6.45, 7) is 2.10. The van der Waals surface area contributed by atoms with Crippen molar-refractivity contribution in [3.63, 3.8) is 0 Å². The molecular weight excluding hydrogens is 348 g/mol. The molecule has 154 valence electrons. The van der Waals surface area contributed by atoms with Crippen LogP contribution in [0, 0.1) is 23.7 Å². The van der Waals surface area contributed by atoms with Crippen LogP contribution >= 0.6 is 0 Å². The summed E-state index contributed by atoms with van der Waals surface area (Å²) < 4.78 is 0. The molecule has 3 rings (SSSR count). The van der Waals surface area contributed by atoms with E-state index in [1.165, 1.54) is 37.7 Å². The van der Waals surface area contributed by atoms with Crippen molar-refractivity contribution in [2.24, 2.45) is 23.7 Å². The van der Waals surface area contributed by atoms with Gasteiger partial charge in [0.2, 0.25) is 0 Å². The van der Waals surface area contributed by atoms with Crippen molar-refractivity contribution in [3.8, 4) is 0 Å². The molecule has 1 aromatic rings. The fraction of sp³-hybridized carbons (Fsp3) is 0.640. The van der Waals surface area contributed by atoms with Crippen LogP contribution in [-0.2, 0) is 4.79 Å². The number of aliphatic carboxylic acids is 1. The second-order valence-corrected chi connectivity index (χ2v) is 9.00. The van der Waals surface area contributed by atoms with Crippen LogP contribution in [0.25, 0.3) is 0 Å². The van der Waals surface area contributed by atoms with Crippen LogP contribution in [-0.4, -0.2) is 22.3 Å². The van der Waals surface area contributed by atoms with Gasteiger partial charge in [-0.1, -0.05) is 68.7 Å². The summed E-state index contributed by atoms with van der Waals surface area (Å²) in [5, 5.41) is 19.4. The highest BCUT2D eigenvalue weighted by atomic mass is 16.4. The number of benzene rings is 1. The summed E-state index contributed by atoms with van der Waals surface area (Å²) in [5.41, 5.74) is 1.19.